The summed E-state index contributed by atoms with van der Waals surface area (Å²) in [7, 11) is 3.40. The minimum Gasteiger partial charge on any atom is -0.439 e. The van der Waals surface area contributed by atoms with E-state index in [0.29, 0.717) is 36.1 Å². The molecule has 47 heavy (non-hydrogen) atoms. The highest BCUT2D eigenvalue weighted by Crippen LogP contribution is 2.30. The summed E-state index contributed by atoms with van der Waals surface area (Å²) in [6.45, 7) is 3.82. The van der Waals surface area contributed by atoms with Crippen LogP contribution < -0.4 is 9.64 Å². The molecule has 8 nitrogen and oxygen atoms in total. The van der Waals surface area contributed by atoms with Crippen LogP contribution in [0.5, 0.6) is 11.6 Å². The lowest BCUT2D eigenvalue weighted by Crippen LogP contribution is -2.48. The first-order chi connectivity index (χ1) is 22.1. The fourth-order valence-corrected chi connectivity index (χ4v) is 5.57. The van der Waals surface area contributed by atoms with Gasteiger partial charge in [-0.15, -0.1) is 17.0 Å². The van der Waals surface area contributed by atoms with Gasteiger partial charge < -0.3 is 19.1 Å². The smallest absolute Gasteiger partial charge is 0.416 e. The number of pyridine rings is 1. The Morgan fingerprint density at radius 2 is 1.60 bits per heavy atom. The number of halogens is 4. The molecule has 0 unspecified atom stereocenters. The summed E-state index contributed by atoms with van der Waals surface area (Å²) in [4.78, 5) is 36.2. The topological polar surface area (TPSA) is 70.9 Å². The summed E-state index contributed by atoms with van der Waals surface area (Å²) in [5.74, 6) is 0.339. The average molecular weight is 709 g/mol. The zero-order chi connectivity index (χ0) is 32.4. The quantitative estimate of drug-likeness (QED) is 0.179. The van der Waals surface area contributed by atoms with Gasteiger partial charge in [0.15, 0.2) is 0 Å². The van der Waals surface area contributed by atoms with Gasteiger partial charge in [0.1, 0.15) is 11.4 Å². The first-order valence-corrected chi connectivity index (χ1v) is 14.8. The van der Waals surface area contributed by atoms with Gasteiger partial charge in [-0.25, -0.2) is 4.98 Å². The lowest BCUT2D eigenvalue weighted by atomic mass is 10.1. The van der Waals surface area contributed by atoms with E-state index >= 15 is 0 Å². The van der Waals surface area contributed by atoms with Crippen molar-refractivity contribution in [3.8, 4) is 11.6 Å². The number of alkyl halides is 3. The largest absolute Gasteiger partial charge is 0.439 e. The van der Waals surface area contributed by atoms with Crippen molar-refractivity contribution in [3.63, 3.8) is 0 Å². The number of aryl methyl sites for hydroxylation is 1. The van der Waals surface area contributed by atoms with Crippen molar-refractivity contribution >= 4 is 45.4 Å². The van der Waals surface area contributed by atoms with Crippen LogP contribution in [0.4, 0.5) is 18.9 Å². The Morgan fingerprint density at radius 1 is 0.894 bits per heavy atom. The van der Waals surface area contributed by atoms with E-state index in [4.69, 9.17) is 4.74 Å². The van der Waals surface area contributed by atoms with Crippen LogP contribution in [0.25, 0.3) is 10.9 Å². The van der Waals surface area contributed by atoms with E-state index in [1.165, 1.54) is 23.7 Å². The molecule has 0 aliphatic carbocycles. The Hall–Kier alpha value is -4.68. The number of hydrogen-bond donors (Lipinski definition) is 0. The third kappa shape index (κ3) is 7.50. The summed E-state index contributed by atoms with van der Waals surface area (Å²) in [5, 5.41) is 0.851. The van der Waals surface area contributed by atoms with Gasteiger partial charge >= 0.3 is 6.18 Å². The fraction of sp³-hybridized carbons (Fsp3) is 0.229. The van der Waals surface area contributed by atoms with Crippen LogP contribution in [0, 0.1) is 0 Å². The molecule has 6 rings (SSSR count). The predicted molar refractivity (Wildman–Crippen MR) is 179 cm³/mol. The third-order valence-electron chi connectivity index (χ3n) is 8.24. The fourth-order valence-electron chi connectivity index (χ4n) is 5.57. The number of amides is 2. The standard InChI is InChI=1S/C35H32F3N5O3.BrH/c1-40(33(44)25-8-10-27(11-9-25)35(36,37)38)28-12-15-32(39-22-28)46-29-13-14-30-26(20-29)21-31(41(30)2)34(45)43-18-16-42(17-19-43)23-24-6-4-3-5-7-24;/h3-15,20-22H,16-19,23H2,1-2H3;1H. The molecule has 0 saturated carbocycles. The number of piperazine rings is 1. The number of anilines is 1. The number of rotatable bonds is 7. The van der Waals surface area contributed by atoms with Gasteiger partial charge in [0.25, 0.3) is 11.8 Å². The van der Waals surface area contributed by atoms with Crippen molar-refractivity contribution in [2.24, 2.45) is 7.05 Å². The van der Waals surface area contributed by atoms with Crippen LogP contribution in [0.3, 0.4) is 0 Å². The molecule has 0 atom stereocenters. The monoisotopic (exact) mass is 707 g/mol. The van der Waals surface area contributed by atoms with Crippen molar-refractivity contribution in [3.05, 3.63) is 120 Å². The molecule has 0 N–H and O–H groups in total. The first kappa shape index (κ1) is 33.7. The van der Waals surface area contributed by atoms with E-state index in [0.717, 1.165) is 54.8 Å². The molecule has 0 radical (unpaired) electrons. The highest BCUT2D eigenvalue weighted by molar-refractivity contribution is 8.93. The molecule has 5 aromatic rings. The zero-order valence-electron chi connectivity index (χ0n) is 25.8. The number of fused-ring (bicyclic) bond motifs is 1. The minimum atomic E-state index is -4.48. The Balaban J connectivity index is 0.00000433. The molecule has 0 spiro atoms. The number of hydrogen-bond acceptors (Lipinski definition) is 5. The Labute approximate surface area is 280 Å². The average Bonchev–Trinajstić information content (AvgIpc) is 3.39. The van der Waals surface area contributed by atoms with Crippen LogP contribution in [0.15, 0.2) is 97.2 Å². The van der Waals surface area contributed by atoms with E-state index in [-0.39, 0.29) is 28.5 Å². The molecule has 1 fully saturated rings. The maximum atomic E-state index is 13.5. The van der Waals surface area contributed by atoms with Gasteiger partial charge in [-0.1, -0.05) is 30.3 Å². The van der Waals surface area contributed by atoms with Crippen LogP contribution in [0.2, 0.25) is 0 Å². The van der Waals surface area contributed by atoms with Crippen molar-refractivity contribution in [2.45, 2.75) is 12.7 Å². The number of aromatic nitrogens is 2. The minimum absolute atomic E-state index is 0. The van der Waals surface area contributed by atoms with E-state index in [2.05, 4.69) is 22.0 Å². The van der Waals surface area contributed by atoms with E-state index < -0.39 is 17.6 Å². The van der Waals surface area contributed by atoms with Crippen LogP contribution >= 0.6 is 17.0 Å². The van der Waals surface area contributed by atoms with Gasteiger partial charge in [0.05, 0.1) is 17.4 Å². The predicted octanol–water partition coefficient (Wildman–Crippen LogP) is 7.20. The van der Waals surface area contributed by atoms with E-state index in [9.17, 15) is 22.8 Å². The molecular formula is C35H33BrF3N5O3. The summed E-state index contributed by atoms with van der Waals surface area (Å²) in [6.07, 6.45) is -3.02. The second-order valence-corrected chi connectivity index (χ2v) is 11.3. The number of carbonyl (C=O) groups is 2. The summed E-state index contributed by atoms with van der Waals surface area (Å²) < 4.78 is 46.5. The van der Waals surface area contributed by atoms with Gasteiger partial charge in [-0.05, 0) is 60.2 Å². The summed E-state index contributed by atoms with van der Waals surface area (Å²) >= 11 is 0. The highest BCUT2D eigenvalue weighted by Gasteiger charge is 2.30. The molecule has 3 heterocycles. The SMILES string of the molecule is Br.CN(C(=O)c1ccc(C(F)(F)F)cc1)c1ccc(Oc2ccc3c(c2)cc(C(=O)N2CCN(Cc4ccccc4)CC2)n3C)nc1. The van der Waals surface area contributed by atoms with Crippen LogP contribution in [0.1, 0.15) is 32.0 Å². The lowest BCUT2D eigenvalue weighted by molar-refractivity contribution is -0.137. The van der Waals surface area contributed by atoms with Gasteiger partial charge in [-0.3, -0.25) is 14.5 Å². The number of carbonyl (C=O) groups excluding carboxylic acids is 2. The molecule has 0 bridgehead atoms. The Kier molecular flexibility index (Phi) is 10.0. The van der Waals surface area contributed by atoms with Crippen molar-refractivity contribution in [1.29, 1.82) is 0 Å². The van der Waals surface area contributed by atoms with Crippen molar-refractivity contribution < 1.29 is 27.5 Å². The zero-order valence-corrected chi connectivity index (χ0v) is 27.5. The van der Waals surface area contributed by atoms with Crippen LogP contribution in [-0.2, 0) is 19.8 Å². The molecule has 12 heteroatoms. The molecular weight excluding hydrogens is 675 g/mol. The van der Waals surface area contributed by atoms with Crippen LogP contribution in [-0.4, -0.2) is 64.4 Å². The lowest BCUT2D eigenvalue weighted by Gasteiger charge is -2.34. The van der Waals surface area contributed by atoms with E-state index in [1.54, 1.807) is 18.2 Å². The maximum Gasteiger partial charge on any atom is 0.416 e. The molecule has 1 aliphatic heterocycles. The summed E-state index contributed by atoms with van der Waals surface area (Å²) in [5.41, 5.74) is 2.51. The molecule has 1 aliphatic rings. The molecule has 2 aromatic heterocycles. The molecule has 1 saturated heterocycles. The third-order valence-corrected chi connectivity index (χ3v) is 8.24. The summed E-state index contributed by atoms with van der Waals surface area (Å²) in [6, 6.07) is 25.1. The van der Waals surface area contributed by atoms with Crippen molar-refractivity contribution in [2.75, 3.05) is 38.1 Å². The maximum absolute atomic E-state index is 13.5. The van der Waals surface area contributed by atoms with Gasteiger partial charge in [0.2, 0.25) is 5.88 Å². The highest BCUT2D eigenvalue weighted by atomic mass is 79.9. The number of nitrogens with zero attached hydrogens (tertiary/aromatic N) is 5. The van der Waals surface area contributed by atoms with E-state index in [1.807, 2.05) is 52.9 Å². The Bertz CT molecular complexity index is 1850. The second kappa shape index (κ2) is 14.0. The molecule has 2 amide bonds. The first-order valence-electron chi connectivity index (χ1n) is 14.8. The Morgan fingerprint density at radius 3 is 2.23 bits per heavy atom. The normalized spacial score (nSPS) is 13.7. The molecule has 3 aromatic carbocycles. The number of ether oxygens (including phenoxy) is 1. The second-order valence-electron chi connectivity index (χ2n) is 11.3. The van der Waals surface area contributed by atoms with Gasteiger partial charge in [0, 0.05) is 69.4 Å². The van der Waals surface area contributed by atoms with Crippen molar-refractivity contribution in [1.82, 2.24) is 19.4 Å². The van der Waals surface area contributed by atoms with Gasteiger partial charge in [-0.2, -0.15) is 13.2 Å². The molecule has 244 valence electrons. The number of benzene rings is 3.